The third-order valence-electron chi connectivity index (χ3n) is 1.37. The van der Waals surface area contributed by atoms with Crippen molar-refractivity contribution in [1.82, 2.24) is 10.2 Å². The summed E-state index contributed by atoms with van der Waals surface area (Å²) in [5.74, 6) is -0.404. The number of nitrogens with zero attached hydrogens (tertiary/aromatic N) is 1. The molecule has 2 N–H and O–H groups in total. The molecule has 0 saturated carbocycles. The molecule has 0 spiro atoms. The lowest BCUT2D eigenvalue weighted by molar-refractivity contribution is 0.440. The third kappa shape index (κ3) is 0.706. The summed E-state index contributed by atoms with van der Waals surface area (Å²) in [7, 11) is 0. The highest BCUT2D eigenvalue weighted by atomic mass is 16.4. The summed E-state index contributed by atoms with van der Waals surface area (Å²) in [6.07, 6.45) is 2.28. The van der Waals surface area contributed by atoms with Gasteiger partial charge in [0.2, 0.25) is 11.1 Å². The van der Waals surface area contributed by atoms with Crippen LogP contribution in [0.3, 0.4) is 0 Å². The lowest BCUT2D eigenvalue weighted by atomic mass is 10.3. The molecule has 2 heterocycles. The molecule has 11 heavy (non-hydrogen) atoms. The maximum atomic E-state index is 11.0. The van der Waals surface area contributed by atoms with E-state index >= 15 is 0 Å². The molecule has 0 radical (unpaired) electrons. The van der Waals surface area contributed by atoms with E-state index < -0.39 is 11.2 Å². The summed E-state index contributed by atoms with van der Waals surface area (Å²) in [6.45, 7) is 0. The fourth-order valence-corrected chi connectivity index (χ4v) is 0.832. The van der Waals surface area contributed by atoms with Gasteiger partial charge in [-0.15, -0.1) is 0 Å². The standard InChI is InChI=1S/C6H4N2O3/c9-4-2-11-6-3(5(4)10)1-7-8-6/h1-2,9H,(H,7,8). The first-order valence-corrected chi connectivity index (χ1v) is 2.93. The Bertz CT molecular complexity index is 442. The van der Waals surface area contributed by atoms with Crippen LogP contribution in [0, 0.1) is 0 Å². The fourth-order valence-electron chi connectivity index (χ4n) is 0.832. The fraction of sp³-hybridized carbons (Fsp3) is 0. The van der Waals surface area contributed by atoms with Crippen LogP contribution in [0.5, 0.6) is 5.75 Å². The summed E-state index contributed by atoms with van der Waals surface area (Å²) in [5, 5.41) is 15.2. The van der Waals surface area contributed by atoms with E-state index in [1.165, 1.54) is 6.20 Å². The molecule has 0 aromatic carbocycles. The first kappa shape index (κ1) is 5.96. The highest BCUT2D eigenvalue weighted by molar-refractivity contribution is 5.72. The van der Waals surface area contributed by atoms with E-state index in [1.54, 1.807) is 0 Å². The average molecular weight is 152 g/mol. The normalized spacial score (nSPS) is 10.5. The van der Waals surface area contributed by atoms with E-state index in [-0.39, 0.29) is 11.1 Å². The SMILES string of the molecule is O=c1c(O)coc2[nH]ncc12. The van der Waals surface area contributed by atoms with Gasteiger partial charge in [-0.1, -0.05) is 0 Å². The Morgan fingerprint density at radius 1 is 1.64 bits per heavy atom. The first-order chi connectivity index (χ1) is 5.29. The first-order valence-electron chi connectivity index (χ1n) is 2.93. The Kier molecular flexibility index (Phi) is 1.00. The Balaban J connectivity index is 3.05. The maximum Gasteiger partial charge on any atom is 0.237 e. The van der Waals surface area contributed by atoms with E-state index in [2.05, 4.69) is 10.2 Å². The molecule has 56 valence electrons. The molecule has 0 bridgehead atoms. The molecule has 2 rings (SSSR count). The van der Waals surface area contributed by atoms with Gasteiger partial charge in [0.05, 0.1) is 6.20 Å². The van der Waals surface area contributed by atoms with Crippen LogP contribution in [-0.4, -0.2) is 15.3 Å². The van der Waals surface area contributed by atoms with Crippen LogP contribution in [0.25, 0.3) is 11.1 Å². The van der Waals surface area contributed by atoms with Gasteiger partial charge in [0.25, 0.3) is 0 Å². The van der Waals surface area contributed by atoms with Gasteiger partial charge in [-0.3, -0.25) is 4.79 Å². The van der Waals surface area contributed by atoms with Crippen LogP contribution in [0.15, 0.2) is 21.7 Å². The van der Waals surface area contributed by atoms with Gasteiger partial charge in [0, 0.05) is 0 Å². The van der Waals surface area contributed by atoms with Crippen molar-refractivity contribution >= 4 is 11.1 Å². The number of aromatic nitrogens is 2. The van der Waals surface area contributed by atoms with Crippen molar-refractivity contribution in [2.24, 2.45) is 0 Å². The van der Waals surface area contributed by atoms with Crippen molar-refractivity contribution in [2.45, 2.75) is 0 Å². The van der Waals surface area contributed by atoms with Crippen molar-refractivity contribution in [3.8, 4) is 5.75 Å². The van der Waals surface area contributed by atoms with Gasteiger partial charge < -0.3 is 9.52 Å². The van der Waals surface area contributed by atoms with Gasteiger partial charge in [-0.05, 0) is 0 Å². The number of rotatable bonds is 0. The molecule has 2 aromatic rings. The van der Waals surface area contributed by atoms with Crippen LogP contribution >= 0.6 is 0 Å². The van der Waals surface area contributed by atoms with Gasteiger partial charge in [0.15, 0.2) is 5.75 Å². The Hall–Kier alpha value is -1.78. The van der Waals surface area contributed by atoms with Crippen molar-refractivity contribution < 1.29 is 9.52 Å². The van der Waals surface area contributed by atoms with Crippen molar-refractivity contribution in [3.05, 3.63) is 22.7 Å². The molecule has 0 amide bonds. The molecule has 0 fully saturated rings. The molecule has 5 nitrogen and oxygen atoms in total. The van der Waals surface area contributed by atoms with Crippen molar-refractivity contribution in [2.75, 3.05) is 0 Å². The van der Waals surface area contributed by atoms with Crippen molar-refractivity contribution in [1.29, 1.82) is 0 Å². The van der Waals surface area contributed by atoms with Gasteiger partial charge in [0.1, 0.15) is 11.6 Å². The molecule has 2 aromatic heterocycles. The molecular formula is C6H4N2O3. The summed E-state index contributed by atoms with van der Waals surface area (Å²) in [4.78, 5) is 11.0. The minimum Gasteiger partial charge on any atom is -0.502 e. The van der Waals surface area contributed by atoms with Gasteiger partial charge >= 0.3 is 0 Å². The van der Waals surface area contributed by atoms with E-state index in [9.17, 15) is 4.79 Å². The molecule has 0 saturated heterocycles. The number of H-pyrrole nitrogens is 1. The predicted octanol–water partition coefficient (Wildman–Crippen LogP) is 0.222. The van der Waals surface area contributed by atoms with Crippen LogP contribution < -0.4 is 5.43 Å². The lowest BCUT2D eigenvalue weighted by Gasteiger charge is -1.87. The molecule has 0 atom stereocenters. The Morgan fingerprint density at radius 3 is 3.27 bits per heavy atom. The van der Waals surface area contributed by atoms with Crippen LogP contribution in [0.1, 0.15) is 0 Å². The topological polar surface area (TPSA) is 79.1 Å². The summed E-state index contributed by atoms with van der Waals surface area (Å²) >= 11 is 0. The maximum absolute atomic E-state index is 11.0. The number of fused-ring (bicyclic) bond motifs is 1. The molecule has 5 heteroatoms. The summed E-state index contributed by atoms with van der Waals surface area (Å²) in [6, 6.07) is 0. The quantitative estimate of drug-likeness (QED) is 0.566. The van der Waals surface area contributed by atoms with Crippen LogP contribution in [-0.2, 0) is 0 Å². The highest BCUT2D eigenvalue weighted by Crippen LogP contribution is 2.09. The van der Waals surface area contributed by atoms with Gasteiger partial charge in [-0.2, -0.15) is 5.10 Å². The zero-order valence-corrected chi connectivity index (χ0v) is 5.37. The Morgan fingerprint density at radius 2 is 2.45 bits per heavy atom. The second kappa shape index (κ2) is 1.85. The molecule has 0 aliphatic heterocycles. The number of hydrogen-bond acceptors (Lipinski definition) is 4. The third-order valence-corrected chi connectivity index (χ3v) is 1.37. The van der Waals surface area contributed by atoms with Gasteiger partial charge in [-0.25, -0.2) is 5.10 Å². The minimum absolute atomic E-state index is 0.255. The highest BCUT2D eigenvalue weighted by Gasteiger charge is 2.05. The Labute approximate surface area is 60.3 Å². The molecule has 0 unspecified atom stereocenters. The predicted molar refractivity (Wildman–Crippen MR) is 36.3 cm³/mol. The van der Waals surface area contributed by atoms with E-state index in [0.717, 1.165) is 6.26 Å². The molecular weight excluding hydrogens is 148 g/mol. The largest absolute Gasteiger partial charge is 0.502 e. The smallest absolute Gasteiger partial charge is 0.237 e. The van der Waals surface area contributed by atoms with Crippen LogP contribution in [0.4, 0.5) is 0 Å². The monoisotopic (exact) mass is 152 g/mol. The summed E-state index contributed by atoms with van der Waals surface area (Å²) < 4.78 is 4.80. The zero-order chi connectivity index (χ0) is 7.84. The second-order valence-corrected chi connectivity index (χ2v) is 2.06. The van der Waals surface area contributed by atoms with E-state index in [0.29, 0.717) is 0 Å². The average Bonchev–Trinajstić information content (AvgIpc) is 2.45. The number of nitrogens with one attached hydrogen (secondary N) is 1. The molecule has 0 aliphatic rings. The van der Waals surface area contributed by atoms with E-state index in [4.69, 9.17) is 9.52 Å². The zero-order valence-electron chi connectivity index (χ0n) is 5.37. The number of aromatic hydroxyl groups is 1. The van der Waals surface area contributed by atoms with E-state index in [1.807, 2.05) is 0 Å². The van der Waals surface area contributed by atoms with Crippen molar-refractivity contribution in [3.63, 3.8) is 0 Å². The minimum atomic E-state index is -0.472. The lowest BCUT2D eigenvalue weighted by Crippen LogP contribution is -1.97. The molecule has 0 aliphatic carbocycles. The summed E-state index contributed by atoms with van der Waals surface area (Å²) in [5.41, 5.74) is -0.201. The second-order valence-electron chi connectivity index (χ2n) is 2.06. The number of hydrogen-bond donors (Lipinski definition) is 2. The van der Waals surface area contributed by atoms with Crippen LogP contribution in [0.2, 0.25) is 0 Å². The number of aromatic amines is 1.